The zero-order valence-electron chi connectivity index (χ0n) is 16.9. The Balaban J connectivity index is 1.59. The van der Waals surface area contributed by atoms with E-state index in [4.69, 9.17) is 4.74 Å². The van der Waals surface area contributed by atoms with Gasteiger partial charge < -0.3 is 15.0 Å². The van der Waals surface area contributed by atoms with Gasteiger partial charge in [-0.05, 0) is 36.6 Å². The molecule has 4 rings (SSSR count). The Bertz CT molecular complexity index is 1030. The van der Waals surface area contributed by atoms with Gasteiger partial charge in [-0.2, -0.15) is 0 Å². The van der Waals surface area contributed by atoms with Crippen molar-refractivity contribution < 1.29 is 14.3 Å². The number of aryl methyl sites for hydroxylation is 1. The van der Waals surface area contributed by atoms with Crippen molar-refractivity contribution in [1.29, 1.82) is 0 Å². The van der Waals surface area contributed by atoms with Gasteiger partial charge in [-0.3, -0.25) is 9.59 Å². The fraction of sp³-hybridized carbons (Fsp3) is 0.261. The fourth-order valence-corrected chi connectivity index (χ4v) is 4.70. The number of nitrogens with one attached hydrogen (secondary N) is 1. The van der Waals surface area contributed by atoms with Crippen molar-refractivity contribution in [3.8, 4) is 5.88 Å². The van der Waals surface area contributed by atoms with Gasteiger partial charge in [0, 0.05) is 35.3 Å². The Morgan fingerprint density at radius 1 is 1.23 bits per heavy atom. The van der Waals surface area contributed by atoms with Gasteiger partial charge in [0.05, 0.1) is 19.1 Å². The van der Waals surface area contributed by atoms with Crippen LogP contribution in [0.3, 0.4) is 0 Å². The second-order valence-electron chi connectivity index (χ2n) is 7.26. The van der Waals surface area contributed by atoms with Crippen LogP contribution in [0.25, 0.3) is 0 Å². The average Bonchev–Trinajstić information content (AvgIpc) is 3.40. The molecule has 1 saturated heterocycles. The van der Waals surface area contributed by atoms with E-state index in [1.165, 1.54) is 0 Å². The van der Waals surface area contributed by atoms with Crippen molar-refractivity contribution in [3.63, 3.8) is 0 Å². The molecule has 3 aromatic rings. The highest BCUT2D eigenvalue weighted by Gasteiger charge is 2.45. The molecule has 1 aliphatic heterocycles. The van der Waals surface area contributed by atoms with Gasteiger partial charge in [0.2, 0.25) is 17.7 Å². The molecule has 0 spiro atoms. The number of benzene rings is 1. The number of anilines is 1. The van der Waals surface area contributed by atoms with E-state index >= 15 is 0 Å². The highest BCUT2D eigenvalue weighted by Crippen LogP contribution is 2.43. The molecule has 0 bridgehead atoms. The number of carbonyl (C=O) groups is 2. The normalized spacial score (nSPS) is 18.5. The molecule has 2 atom stereocenters. The monoisotopic (exact) mass is 421 g/mol. The van der Waals surface area contributed by atoms with Crippen LogP contribution in [0.2, 0.25) is 0 Å². The lowest BCUT2D eigenvalue weighted by molar-refractivity contribution is -0.126. The maximum absolute atomic E-state index is 13.2. The van der Waals surface area contributed by atoms with Crippen LogP contribution in [0.15, 0.2) is 60.1 Å². The predicted octanol–water partition coefficient (Wildman–Crippen LogP) is 3.87. The SMILES string of the molecule is COc1ncccc1CNC(=O)[C@H]1CC(=O)N(c2ccc(C)cc2)[C@@H]1c1cccs1. The summed E-state index contributed by atoms with van der Waals surface area (Å²) in [5, 5.41) is 4.95. The number of carbonyl (C=O) groups excluding carboxylic acids is 2. The number of hydrogen-bond acceptors (Lipinski definition) is 5. The van der Waals surface area contributed by atoms with Gasteiger partial charge in [0.25, 0.3) is 0 Å². The number of nitrogens with zero attached hydrogens (tertiary/aromatic N) is 2. The standard InChI is InChI=1S/C23H23N3O3S/c1-15-7-9-17(10-8-15)26-20(27)13-18(21(26)19-6-4-12-30-19)22(28)25-14-16-5-3-11-24-23(16)29-2/h3-12,18,21H,13-14H2,1-2H3,(H,25,28)/t18-,21-/m0/s1. The van der Waals surface area contributed by atoms with Crippen molar-refractivity contribution in [2.75, 3.05) is 12.0 Å². The van der Waals surface area contributed by atoms with Crippen LogP contribution in [-0.2, 0) is 16.1 Å². The third-order valence-corrected chi connectivity index (χ3v) is 6.25. The minimum atomic E-state index is -0.472. The van der Waals surface area contributed by atoms with Crippen LogP contribution in [0.5, 0.6) is 5.88 Å². The van der Waals surface area contributed by atoms with Crippen LogP contribution >= 0.6 is 11.3 Å². The zero-order valence-corrected chi connectivity index (χ0v) is 17.7. The molecule has 154 valence electrons. The summed E-state index contributed by atoms with van der Waals surface area (Å²) in [4.78, 5) is 33.1. The molecule has 7 heteroatoms. The topological polar surface area (TPSA) is 71.5 Å². The smallest absolute Gasteiger partial charge is 0.228 e. The van der Waals surface area contributed by atoms with E-state index in [1.807, 2.05) is 54.8 Å². The number of pyridine rings is 1. The number of rotatable bonds is 6. The van der Waals surface area contributed by atoms with E-state index < -0.39 is 5.92 Å². The first-order valence-electron chi connectivity index (χ1n) is 9.76. The first-order valence-corrected chi connectivity index (χ1v) is 10.6. The number of hydrogen-bond donors (Lipinski definition) is 1. The number of ether oxygens (including phenoxy) is 1. The molecule has 1 aromatic carbocycles. The number of amides is 2. The molecule has 2 aromatic heterocycles. The van der Waals surface area contributed by atoms with Crippen LogP contribution < -0.4 is 15.0 Å². The number of aromatic nitrogens is 1. The molecule has 1 N–H and O–H groups in total. The molecule has 0 unspecified atom stereocenters. The summed E-state index contributed by atoms with van der Waals surface area (Å²) in [5.74, 6) is -0.185. The number of thiophene rings is 1. The minimum Gasteiger partial charge on any atom is -0.481 e. The summed E-state index contributed by atoms with van der Waals surface area (Å²) in [7, 11) is 1.55. The minimum absolute atomic E-state index is 0.0450. The Kier molecular flexibility index (Phi) is 5.81. The summed E-state index contributed by atoms with van der Waals surface area (Å²) >= 11 is 1.56. The summed E-state index contributed by atoms with van der Waals surface area (Å²) in [6.45, 7) is 2.30. The Morgan fingerprint density at radius 3 is 2.73 bits per heavy atom. The highest BCUT2D eigenvalue weighted by molar-refractivity contribution is 7.10. The summed E-state index contributed by atoms with van der Waals surface area (Å²) < 4.78 is 5.26. The van der Waals surface area contributed by atoms with Crippen molar-refractivity contribution in [1.82, 2.24) is 10.3 Å². The van der Waals surface area contributed by atoms with Crippen molar-refractivity contribution in [2.24, 2.45) is 5.92 Å². The molecule has 0 radical (unpaired) electrons. The van der Waals surface area contributed by atoms with E-state index in [0.29, 0.717) is 12.4 Å². The predicted molar refractivity (Wildman–Crippen MR) is 116 cm³/mol. The second-order valence-corrected chi connectivity index (χ2v) is 8.24. The Labute approximate surface area is 179 Å². The van der Waals surface area contributed by atoms with Gasteiger partial charge in [-0.1, -0.05) is 29.8 Å². The summed E-state index contributed by atoms with van der Waals surface area (Å²) in [6.07, 6.45) is 1.82. The van der Waals surface area contributed by atoms with E-state index in [2.05, 4.69) is 10.3 Å². The first-order chi connectivity index (χ1) is 14.6. The molecule has 1 aliphatic rings. The average molecular weight is 422 g/mol. The van der Waals surface area contributed by atoms with Crippen LogP contribution in [0.4, 0.5) is 5.69 Å². The van der Waals surface area contributed by atoms with Crippen molar-refractivity contribution in [3.05, 3.63) is 76.1 Å². The molecular formula is C23H23N3O3S. The van der Waals surface area contributed by atoms with Crippen LogP contribution in [-0.4, -0.2) is 23.9 Å². The van der Waals surface area contributed by atoms with Gasteiger partial charge in [0.1, 0.15) is 0 Å². The Hall–Kier alpha value is -3.19. The lowest BCUT2D eigenvalue weighted by atomic mass is 9.97. The van der Waals surface area contributed by atoms with Crippen molar-refractivity contribution in [2.45, 2.75) is 25.9 Å². The maximum Gasteiger partial charge on any atom is 0.228 e. The van der Waals surface area contributed by atoms with Gasteiger partial charge in [-0.25, -0.2) is 4.98 Å². The fourth-order valence-electron chi connectivity index (χ4n) is 3.82. The molecule has 6 nitrogen and oxygen atoms in total. The molecule has 2 amide bonds. The van der Waals surface area contributed by atoms with Gasteiger partial charge >= 0.3 is 0 Å². The lowest BCUT2D eigenvalue weighted by Gasteiger charge is -2.27. The molecule has 1 fully saturated rings. The quantitative estimate of drug-likeness (QED) is 0.656. The lowest BCUT2D eigenvalue weighted by Crippen LogP contribution is -2.35. The summed E-state index contributed by atoms with van der Waals surface area (Å²) in [5.41, 5.74) is 2.73. The van der Waals surface area contributed by atoms with Gasteiger partial charge in [0.15, 0.2) is 0 Å². The molecule has 0 aliphatic carbocycles. The maximum atomic E-state index is 13.2. The Morgan fingerprint density at radius 2 is 2.03 bits per heavy atom. The van der Waals surface area contributed by atoms with Crippen molar-refractivity contribution >= 4 is 28.8 Å². The van der Waals surface area contributed by atoms with E-state index in [9.17, 15) is 9.59 Å². The molecular weight excluding hydrogens is 398 g/mol. The zero-order chi connectivity index (χ0) is 21.1. The third-order valence-electron chi connectivity index (χ3n) is 5.30. The van der Waals surface area contributed by atoms with Crippen LogP contribution in [0, 0.1) is 12.8 Å². The second kappa shape index (κ2) is 8.67. The first kappa shape index (κ1) is 20.1. The van der Waals surface area contributed by atoms with E-state index in [1.54, 1.807) is 35.6 Å². The number of methoxy groups -OCH3 is 1. The van der Waals surface area contributed by atoms with Crippen LogP contribution in [0.1, 0.15) is 28.5 Å². The van der Waals surface area contributed by atoms with E-state index in [0.717, 1.165) is 21.7 Å². The molecule has 3 heterocycles. The third kappa shape index (κ3) is 3.93. The highest BCUT2D eigenvalue weighted by atomic mass is 32.1. The molecule has 0 saturated carbocycles. The van der Waals surface area contributed by atoms with E-state index in [-0.39, 0.29) is 24.3 Å². The van der Waals surface area contributed by atoms with Gasteiger partial charge in [-0.15, -0.1) is 11.3 Å². The largest absolute Gasteiger partial charge is 0.481 e. The molecule has 30 heavy (non-hydrogen) atoms. The summed E-state index contributed by atoms with van der Waals surface area (Å²) in [6, 6.07) is 15.1.